The van der Waals surface area contributed by atoms with Gasteiger partial charge in [0.15, 0.2) is 0 Å². The number of thioether (sulfide) groups is 1. The van der Waals surface area contributed by atoms with Gasteiger partial charge in [-0.05, 0) is 11.3 Å². The molecule has 0 unspecified atom stereocenters. The molecule has 0 saturated heterocycles. The summed E-state index contributed by atoms with van der Waals surface area (Å²) in [4.78, 5) is 10.7. The molecule has 0 aromatic rings. The molecule has 0 aromatic heterocycles. The van der Waals surface area contributed by atoms with Crippen molar-refractivity contribution in [3.05, 3.63) is 11.0 Å². The molecule has 0 spiro atoms. The summed E-state index contributed by atoms with van der Waals surface area (Å²) in [6.45, 7) is 3.88. The Hall–Kier alpha value is -0.950. The molecule has 0 aromatic carbocycles. The number of carbonyl (C=O) groups is 1. The second-order valence-corrected chi connectivity index (χ2v) is 3.58. The van der Waals surface area contributed by atoms with E-state index in [9.17, 15) is 4.79 Å². The van der Waals surface area contributed by atoms with Gasteiger partial charge in [0.1, 0.15) is 0 Å². The Balaban J connectivity index is 3.96. The molecule has 4 heteroatoms. The Morgan fingerprint density at radius 3 is 2.69 bits per heavy atom. The average Bonchev–Trinajstić information content (AvgIpc) is 2.11. The zero-order valence-electron chi connectivity index (χ0n) is 8.03. The molecule has 0 saturated carbocycles. The topological polar surface area (TPSA) is 50.1 Å². The third kappa shape index (κ3) is 5.31. The van der Waals surface area contributed by atoms with Gasteiger partial charge in [-0.15, -0.1) is 11.8 Å². The molecule has 0 bridgehead atoms. The molecule has 0 fully saturated rings. The van der Waals surface area contributed by atoms with Gasteiger partial charge in [0, 0.05) is 5.57 Å². The summed E-state index contributed by atoms with van der Waals surface area (Å²) in [6, 6.07) is 2.08. The van der Waals surface area contributed by atoms with Gasteiger partial charge in [0.05, 0.1) is 18.9 Å². The molecule has 13 heavy (non-hydrogen) atoms. The van der Waals surface area contributed by atoms with Crippen LogP contribution in [0.5, 0.6) is 0 Å². The van der Waals surface area contributed by atoms with Crippen LogP contribution in [0.2, 0.25) is 0 Å². The average molecular weight is 199 g/mol. The third-order valence-electron chi connectivity index (χ3n) is 1.39. The number of rotatable bonds is 4. The highest BCUT2D eigenvalue weighted by atomic mass is 32.2. The lowest BCUT2D eigenvalue weighted by Crippen LogP contribution is -2.02. The normalized spacial score (nSPS) is 11.2. The maximum atomic E-state index is 10.7. The van der Waals surface area contributed by atoms with Crippen LogP contribution in [0.3, 0.4) is 0 Å². The molecule has 0 atom stereocenters. The molecule has 3 nitrogen and oxygen atoms in total. The van der Waals surface area contributed by atoms with E-state index >= 15 is 0 Å². The highest BCUT2D eigenvalue weighted by Crippen LogP contribution is 2.14. The van der Waals surface area contributed by atoms with E-state index in [2.05, 4.69) is 10.8 Å². The van der Waals surface area contributed by atoms with Crippen molar-refractivity contribution < 1.29 is 9.53 Å². The first-order valence-electron chi connectivity index (χ1n) is 3.90. The van der Waals surface area contributed by atoms with Crippen molar-refractivity contribution >= 4 is 17.7 Å². The van der Waals surface area contributed by atoms with Gasteiger partial charge in [-0.25, -0.2) is 0 Å². The van der Waals surface area contributed by atoms with Crippen molar-refractivity contribution in [3.8, 4) is 6.07 Å². The molecule has 0 rings (SSSR count). The van der Waals surface area contributed by atoms with Gasteiger partial charge in [0.25, 0.3) is 0 Å². The lowest BCUT2D eigenvalue weighted by molar-refractivity contribution is -0.137. The number of hydrogen-bond acceptors (Lipinski definition) is 4. The van der Waals surface area contributed by atoms with Gasteiger partial charge in [-0.1, -0.05) is 13.8 Å². The van der Waals surface area contributed by atoms with Crippen LogP contribution in [0.15, 0.2) is 11.0 Å². The minimum Gasteiger partial charge on any atom is -0.468 e. The van der Waals surface area contributed by atoms with Crippen molar-refractivity contribution in [3.63, 3.8) is 0 Å². The predicted molar refractivity (Wildman–Crippen MR) is 53.0 cm³/mol. The van der Waals surface area contributed by atoms with Crippen LogP contribution in [0, 0.1) is 17.2 Å². The van der Waals surface area contributed by atoms with E-state index in [1.807, 2.05) is 13.8 Å². The minimum atomic E-state index is -0.276. The van der Waals surface area contributed by atoms with Gasteiger partial charge >= 0.3 is 5.97 Å². The Kier molecular flexibility index (Phi) is 6.07. The smallest absolute Gasteiger partial charge is 0.315 e. The summed E-state index contributed by atoms with van der Waals surface area (Å²) < 4.78 is 4.45. The summed E-state index contributed by atoms with van der Waals surface area (Å²) in [6.07, 6.45) is 0. The molecule has 0 N–H and O–H groups in total. The Labute approximate surface area is 82.8 Å². The van der Waals surface area contributed by atoms with Crippen molar-refractivity contribution in [2.45, 2.75) is 13.8 Å². The van der Waals surface area contributed by atoms with Gasteiger partial charge in [0.2, 0.25) is 0 Å². The lowest BCUT2D eigenvalue weighted by atomic mass is 10.1. The first-order valence-corrected chi connectivity index (χ1v) is 4.95. The van der Waals surface area contributed by atoms with Gasteiger partial charge < -0.3 is 4.74 Å². The van der Waals surface area contributed by atoms with Crippen molar-refractivity contribution in [2.75, 3.05) is 12.9 Å². The predicted octanol–water partition coefficient (Wildman–Crippen LogP) is 1.96. The maximum Gasteiger partial charge on any atom is 0.315 e. The number of nitriles is 1. The van der Waals surface area contributed by atoms with E-state index in [1.165, 1.54) is 18.9 Å². The summed E-state index contributed by atoms with van der Waals surface area (Å²) in [5.74, 6) is 0.187. The molecule has 0 aliphatic rings. The van der Waals surface area contributed by atoms with Gasteiger partial charge in [-0.2, -0.15) is 5.26 Å². The first kappa shape index (κ1) is 12.0. The maximum absolute atomic E-state index is 10.7. The Morgan fingerprint density at radius 1 is 1.69 bits per heavy atom. The number of ether oxygens (including phenoxy) is 1. The zero-order valence-corrected chi connectivity index (χ0v) is 8.85. The van der Waals surface area contributed by atoms with Crippen molar-refractivity contribution in [1.29, 1.82) is 5.26 Å². The Bertz CT molecular complexity index is 240. The SMILES string of the molecule is COC(=O)CS/C=C(\C#N)C(C)C. The van der Waals surface area contributed by atoms with Crippen LogP contribution in [-0.2, 0) is 9.53 Å². The summed E-state index contributed by atoms with van der Waals surface area (Å²) in [5, 5.41) is 10.4. The van der Waals surface area contributed by atoms with Crippen molar-refractivity contribution in [2.24, 2.45) is 5.92 Å². The fourth-order valence-electron chi connectivity index (χ4n) is 0.550. The lowest BCUT2D eigenvalue weighted by Gasteiger charge is -2.00. The largest absolute Gasteiger partial charge is 0.468 e. The van der Waals surface area contributed by atoms with Crippen LogP contribution in [0.25, 0.3) is 0 Å². The number of allylic oxidation sites excluding steroid dienone is 1. The van der Waals surface area contributed by atoms with E-state index in [0.29, 0.717) is 5.57 Å². The standard InChI is InChI=1S/C9H13NO2S/c1-7(2)8(4-10)5-13-6-9(11)12-3/h5,7H,6H2,1-3H3/b8-5+. The molecule has 0 amide bonds. The Morgan fingerprint density at radius 2 is 2.31 bits per heavy atom. The second-order valence-electron chi connectivity index (χ2n) is 2.73. The molecule has 0 aliphatic carbocycles. The van der Waals surface area contributed by atoms with Crippen LogP contribution in [0.1, 0.15) is 13.8 Å². The number of hydrogen-bond donors (Lipinski definition) is 0. The number of esters is 1. The van der Waals surface area contributed by atoms with Crippen molar-refractivity contribution in [1.82, 2.24) is 0 Å². The second kappa shape index (κ2) is 6.55. The van der Waals surface area contributed by atoms with Crippen LogP contribution in [0.4, 0.5) is 0 Å². The van der Waals surface area contributed by atoms with Crippen LogP contribution in [-0.4, -0.2) is 18.8 Å². The molecular formula is C9H13NO2S. The van der Waals surface area contributed by atoms with Crippen LogP contribution >= 0.6 is 11.8 Å². The number of methoxy groups -OCH3 is 1. The van der Waals surface area contributed by atoms with Crippen LogP contribution < -0.4 is 0 Å². The minimum absolute atomic E-state index is 0.204. The fraction of sp³-hybridized carbons (Fsp3) is 0.556. The highest BCUT2D eigenvalue weighted by Gasteiger charge is 2.02. The molecule has 0 heterocycles. The van der Waals surface area contributed by atoms with E-state index in [1.54, 1.807) is 5.41 Å². The van der Waals surface area contributed by atoms with E-state index in [-0.39, 0.29) is 17.6 Å². The van der Waals surface area contributed by atoms with E-state index < -0.39 is 0 Å². The van der Waals surface area contributed by atoms with Gasteiger partial charge in [-0.3, -0.25) is 4.79 Å². The quantitative estimate of drug-likeness (QED) is 0.513. The monoisotopic (exact) mass is 199 g/mol. The molecule has 0 radical (unpaired) electrons. The summed E-state index contributed by atoms with van der Waals surface area (Å²) >= 11 is 1.29. The summed E-state index contributed by atoms with van der Waals surface area (Å²) in [5.41, 5.74) is 0.689. The number of carbonyl (C=O) groups excluding carboxylic acids is 1. The van der Waals surface area contributed by atoms with E-state index in [0.717, 1.165) is 0 Å². The zero-order chi connectivity index (χ0) is 10.3. The highest BCUT2D eigenvalue weighted by molar-refractivity contribution is 8.02. The summed E-state index contributed by atoms with van der Waals surface area (Å²) in [7, 11) is 1.35. The first-order chi connectivity index (χ1) is 6.11. The van der Waals surface area contributed by atoms with E-state index in [4.69, 9.17) is 5.26 Å². The third-order valence-corrected chi connectivity index (χ3v) is 2.21. The molecular weight excluding hydrogens is 186 g/mol. The number of nitrogens with zero attached hydrogens (tertiary/aromatic N) is 1. The molecule has 0 aliphatic heterocycles. The fourth-order valence-corrected chi connectivity index (χ4v) is 1.39. The molecule has 72 valence electrons.